The summed E-state index contributed by atoms with van der Waals surface area (Å²) in [4.78, 5) is 24.2. The van der Waals surface area contributed by atoms with Gasteiger partial charge in [-0.3, -0.25) is 9.59 Å². The third-order valence-electron chi connectivity index (χ3n) is 3.76. The Balaban J connectivity index is 2.03. The number of hydrogen-bond acceptors (Lipinski definition) is 4. The predicted octanol–water partition coefficient (Wildman–Crippen LogP) is 2.34. The fourth-order valence-corrected chi connectivity index (χ4v) is 2.53. The molecule has 24 heavy (non-hydrogen) atoms. The zero-order valence-electron chi connectivity index (χ0n) is 13.9. The smallest absolute Gasteiger partial charge is 0.310 e. The van der Waals surface area contributed by atoms with E-state index in [-0.39, 0.29) is 18.4 Å². The maximum Gasteiger partial charge on any atom is 0.310 e. The SMILES string of the molecule is COC(=O)C(CNC(=O)c1cccc(N)c1)Cc1cccc(C)c1. The number of anilines is 1. The Morgan fingerprint density at radius 2 is 1.92 bits per heavy atom. The minimum absolute atomic E-state index is 0.203. The van der Waals surface area contributed by atoms with Crippen molar-refractivity contribution in [2.45, 2.75) is 13.3 Å². The highest BCUT2D eigenvalue weighted by Crippen LogP contribution is 2.13. The van der Waals surface area contributed by atoms with E-state index >= 15 is 0 Å². The van der Waals surface area contributed by atoms with Crippen molar-refractivity contribution in [3.8, 4) is 0 Å². The first kappa shape index (κ1) is 17.5. The second-order valence-electron chi connectivity index (χ2n) is 5.75. The van der Waals surface area contributed by atoms with Gasteiger partial charge in [-0.1, -0.05) is 35.9 Å². The van der Waals surface area contributed by atoms with E-state index in [9.17, 15) is 9.59 Å². The highest BCUT2D eigenvalue weighted by atomic mass is 16.5. The molecule has 0 fully saturated rings. The lowest BCUT2D eigenvalue weighted by Crippen LogP contribution is -2.34. The van der Waals surface area contributed by atoms with Gasteiger partial charge in [0.25, 0.3) is 5.91 Å². The van der Waals surface area contributed by atoms with Crippen molar-refractivity contribution in [3.63, 3.8) is 0 Å². The van der Waals surface area contributed by atoms with Gasteiger partial charge in [-0.25, -0.2) is 0 Å². The van der Waals surface area contributed by atoms with Crippen LogP contribution in [0, 0.1) is 12.8 Å². The van der Waals surface area contributed by atoms with Crippen molar-refractivity contribution < 1.29 is 14.3 Å². The third-order valence-corrected chi connectivity index (χ3v) is 3.76. The van der Waals surface area contributed by atoms with Crippen molar-refractivity contribution in [2.75, 3.05) is 19.4 Å². The number of hydrogen-bond donors (Lipinski definition) is 2. The highest BCUT2D eigenvalue weighted by Gasteiger charge is 2.21. The van der Waals surface area contributed by atoms with Crippen LogP contribution in [0.2, 0.25) is 0 Å². The van der Waals surface area contributed by atoms with Crippen LogP contribution in [0.15, 0.2) is 48.5 Å². The molecule has 2 aromatic carbocycles. The number of carbonyl (C=O) groups excluding carboxylic acids is 2. The summed E-state index contributed by atoms with van der Waals surface area (Å²) in [5.74, 6) is -1.05. The Bertz CT molecular complexity index is 728. The first-order valence-corrected chi connectivity index (χ1v) is 7.76. The summed E-state index contributed by atoms with van der Waals surface area (Å²) in [6, 6.07) is 14.6. The van der Waals surface area contributed by atoms with Gasteiger partial charge in [0, 0.05) is 17.8 Å². The minimum atomic E-state index is -0.443. The Morgan fingerprint density at radius 1 is 1.17 bits per heavy atom. The number of nitrogens with two attached hydrogens (primary N) is 1. The fourth-order valence-electron chi connectivity index (χ4n) is 2.53. The van der Waals surface area contributed by atoms with Crippen LogP contribution in [-0.2, 0) is 16.0 Å². The molecule has 0 bridgehead atoms. The van der Waals surface area contributed by atoms with Gasteiger partial charge in [0.2, 0.25) is 0 Å². The van der Waals surface area contributed by atoms with Crippen LogP contribution in [0.25, 0.3) is 0 Å². The molecule has 0 aliphatic carbocycles. The maximum atomic E-state index is 12.2. The van der Waals surface area contributed by atoms with Crippen LogP contribution in [0.4, 0.5) is 5.69 Å². The standard InChI is InChI=1S/C19H22N2O3/c1-13-5-3-6-14(9-13)10-16(19(23)24-2)12-21-18(22)15-7-4-8-17(20)11-15/h3-9,11,16H,10,12,20H2,1-2H3,(H,21,22). The minimum Gasteiger partial charge on any atom is -0.469 e. The Kier molecular flexibility index (Phi) is 5.95. The van der Waals surface area contributed by atoms with E-state index < -0.39 is 5.92 Å². The maximum absolute atomic E-state index is 12.2. The van der Waals surface area contributed by atoms with Gasteiger partial charge in [-0.2, -0.15) is 0 Å². The summed E-state index contributed by atoms with van der Waals surface area (Å²) in [5, 5.41) is 2.78. The first-order valence-electron chi connectivity index (χ1n) is 7.76. The highest BCUT2D eigenvalue weighted by molar-refractivity contribution is 5.95. The number of rotatable bonds is 6. The molecule has 0 saturated carbocycles. The molecule has 0 spiro atoms. The summed E-state index contributed by atoms with van der Waals surface area (Å²) in [5.41, 5.74) is 8.83. The molecule has 2 rings (SSSR count). The van der Waals surface area contributed by atoms with Gasteiger partial charge in [0.1, 0.15) is 0 Å². The summed E-state index contributed by atoms with van der Waals surface area (Å²) in [6.07, 6.45) is 0.506. The van der Waals surface area contributed by atoms with Gasteiger partial charge in [-0.15, -0.1) is 0 Å². The molecule has 1 amide bonds. The van der Waals surface area contributed by atoms with Crippen LogP contribution in [0.1, 0.15) is 21.5 Å². The lowest BCUT2D eigenvalue weighted by molar-refractivity contribution is -0.145. The van der Waals surface area contributed by atoms with E-state index in [2.05, 4.69) is 5.32 Å². The quantitative estimate of drug-likeness (QED) is 0.630. The number of aryl methyl sites for hydroxylation is 1. The largest absolute Gasteiger partial charge is 0.469 e. The molecule has 0 saturated heterocycles. The molecule has 0 aliphatic rings. The first-order chi connectivity index (χ1) is 11.5. The molecule has 0 aliphatic heterocycles. The number of benzene rings is 2. The average molecular weight is 326 g/mol. The van der Waals surface area contributed by atoms with Crippen LogP contribution < -0.4 is 11.1 Å². The summed E-state index contributed by atoms with van der Waals surface area (Å²) < 4.78 is 4.86. The molecule has 2 aromatic rings. The van der Waals surface area contributed by atoms with E-state index in [0.717, 1.165) is 11.1 Å². The van der Waals surface area contributed by atoms with Crippen molar-refractivity contribution in [2.24, 2.45) is 5.92 Å². The van der Waals surface area contributed by atoms with Gasteiger partial charge in [-0.05, 0) is 37.1 Å². The number of ether oxygens (including phenoxy) is 1. The molecular formula is C19H22N2O3. The number of esters is 1. The van der Waals surface area contributed by atoms with Gasteiger partial charge < -0.3 is 15.8 Å². The number of carbonyl (C=O) groups is 2. The van der Waals surface area contributed by atoms with E-state index in [1.807, 2.05) is 31.2 Å². The number of methoxy groups -OCH3 is 1. The number of nitrogens with one attached hydrogen (secondary N) is 1. The Labute approximate surface area is 141 Å². The van der Waals surface area contributed by atoms with E-state index in [1.165, 1.54) is 7.11 Å². The molecule has 126 valence electrons. The molecule has 5 heteroatoms. The molecule has 0 heterocycles. The van der Waals surface area contributed by atoms with Gasteiger partial charge in [0.15, 0.2) is 0 Å². The third kappa shape index (κ3) is 4.84. The normalized spacial score (nSPS) is 11.6. The van der Waals surface area contributed by atoms with Crippen molar-refractivity contribution in [1.82, 2.24) is 5.32 Å². The van der Waals surface area contributed by atoms with Gasteiger partial charge in [0.05, 0.1) is 13.0 Å². The zero-order chi connectivity index (χ0) is 17.5. The fraction of sp³-hybridized carbons (Fsp3) is 0.263. The second kappa shape index (κ2) is 8.15. The zero-order valence-corrected chi connectivity index (χ0v) is 13.9. The number of nitrogen functional groups attached to an aromatic ring is 1. The summed E-state index contributed by atoms with van der Waals surface area (Å²) in [6.45, 7) is 2.20. The second-order valence-corrected chi connectivity index (χ2v) is 5.75. The van der Waals surface area contributed by atoms with Crippen molar-refractivity contribution in [3.05, 3.63) is 65.2 Å². The molecule has 3 N–H and O–H groups in total. The average Bonchev–Trinajstić information content (AvgIpc) is 2.57. The predicted molar refractivity (Wildman–Crippen MR) is 93.6 cm³/mol. The molecule has 1 atom stereocenters. The van der Waals surface area contributed by atoms with E-state index in [0.29, 0.717) is 17.7 Å². The van der Waals surface area contributed by atoms with E-state index in [1.54, 1.807) is 24.3 Å². The topological polar surface area (TPSA) is 81.4 Å². The van der Waals surface area contributed by atoms with Crippen LogP contribution in [0.3, 0.4) is 0 Å². The molecule has 5 nitrogen and oxygen atoms in total. The molecule has 0 aromatic heterocycles. The number of amides is 1. The van der Waals surface area contributed by atoms with Crippen LogP contribution in [0.5, 0.6) is 0 Å². The van der Waals surface area contributed by atoms with Crippen molar-refractivity contribution >= 4 is 17.6 Å². The lowest BCUT2D eigenvalue weighted by atomic mass is 9.98. The molecule has 1 unspecified atom stereocenters. The summed E-state index contributed by atoms with van der Waals surface area (Å²) >= 11 is 0. The molecular weight excluding hydrogens is 304 g/mol. The lowest BCUT2D eigenvalue weighted by Gasteiger charge is -2.16. The van der Waals surface area contributed by atoms with Crippen LogP contribution in [-0.4, -0.2) is 25.5 Å². The summed E-state index contributed by atoms with van der Waals surface area (Å²) in [7, 11) is 1.35. The van der Waals surface area contributed by atoms with Gasteiger partial charge >= 0.3 is 5.97 Å². The Morgan fingerprint density at radius 3 is 2.58 bits per heavy atom. The monoisotopic (exact) mass is 326 g/mol. The molecule has 0 radical (unpaired) electrons. The van der Waals surface area contributed by atoms with Crippen molar-refractivity contribution in [1.29, 1.82) is 0 Å². The van der Waals surface area contributed by atoms with E-state index in [4.69, 9.17) is 10.5 Å². The van der Waals surface area contributed by atoms with Crippen LogP contribution >= 0.6 is 0 Å². The Hall–Kier alpha value is -2.82.